The number of aromatic nitrogens is 4. The lowest BCUT2D eigenvalue weighted by Crippen LogP contribution is -2.59. The first-order valence-corrected chi connectivity index (χ1v) is 28.8. The number of aryl methyl sites for hydroxylation is 2. The second-order valence-electron chi connectivity index (χ2n) is 18.7. The van der Waals surface area contributed by atoms with Gasteiger partial charge in [-0.25, -0.2) is 27.0 Å². The molecule has 4 unspecified atom stereocenters. The van der Waals surface area contributed by atoms with Gasteiger partial charge >= 0.3 is 0 Å². The normalized spacial score (nSPS) is 17.2. The Kier molecular flexibility index (Phi) is 24.6. The van der Waals surface area contributed by atoms with Crippen molar-refractivity contribution in [2.45, 2.75) is 64.7 Å². The first-order valence-electron chi connectivity index (χ1n) is 24.7. The van der Waals surface area contributed by atoms with Crippen LogP contribution in [0.5, 0.6) is 0 Å². The van der Waals surface area contributed by atoms with Crippen LogP contribution >= 0.6 is 34.8 Å². The summed E-state index contributed by atoms with van der Waals surface area (Å²) in [6.07, 6.45) is 13.6. The lowest BCUT2D eigenvalue weighted by molar-refractivity contribution is -0.127. The number of imidazole rings is 2. The van der Waals surface area contributed by atoms with Gasteiger partial charge in [-0.05, 0) is 79.3 Å². The number of halogens is 3. The summed E-state index contributed by atoms with van der Waals surface area (Å²) in [6, 6.07) is 29.1. The van der Waals surface area contributed by atoms with E-state index in [1.165, 1.54) is 16.7 Å². The number of amides is 2. The molecule has 75 heavy (non-hydrogen) atoms. The van der Waals surface area contributed by atoms with Crippen LogP contribution in [0.4, 0.5) is 0 Å². The molecule has 2 aromatic heterocycles. The molecule has 0 bridgehead atoms. The number of rotatable bonds is 20. The number of benzene rings is 4. The summed E-state index contributed by atoms with van der Waals surface area (Å²) < 4.78 is 32.5. The van der Waals surface area contributed by atoms with Crippen LogP contribution < -0.4 is 10.6 Å². The molecule has 0 spiro atoms. The molecule has 21 heteroatoms. The van der Waals surface area contributed by atoms with Gasteiger partial charge in [0, 0.05) is 143 Å². The molecule has 4 heterocycles. The Morgan fingerprint density at radius 2 is 1.05 bits per heavy atom. The third kappa shape index (κ3) is 18.4. The summed E-state index contributed by atoms with van der Waals surface area (Å²) in [7, 11) is -2.43. The average Bonchev–Trinajstić information content (AvgIpc) is 4.00. The minimum Gasteiger partial charge on any atom is -0.412 e. The molecule has 6 N–H and O–H groups in total. The van der Waals surface area contributed by atoms with Crippen LogP contribution in [-0.4, -0.2) is 159 Å². The van der Waals surface area contributed by atoms with E-state index >= 15 is 0 Å². The van der Waals surface area contributed by atoms with Gasteiger partial charge in [-0.3, -0.25) is 19.4 Å². The second-order valence-corrected chi connectivity index (χ2v) is 22.6. The molecule has 2 fully saturated rings. The van der Waals surface area contributed by atoms with E-state index in [9.17, 15) is 18.0 Å². The molecule has 8 rings (SSSR count). The largest absolute Gasteiger partial charge is 0.412 e. The van der Waals surface area contributed by atoms with Crippen LogP contribution in [0.25, 0.3) is 0 Å². The minimum absolute atomic E-state index is 0. The number of carbonyl (C=O) groups excluding carboxylic acids is 2. The molecule has 0 radical (unpaired) electrons. The van der Waals surface area contributed by atoms with Crippen molar-refractivity contribution in [3.63, 3.8) is 0 Å². The van der Waals surface area contributed by atoms with Crippen molar-refractivity contribution < 1.29 is 29.0 Å². The molecule has 6 aromatic rings. The highest BCUT2D eigenvalue weighted by atomic mass is 35.5. The average molecular weight is 1130 g/mol. The van der Waals surface area contributed by atoms with Gasteiger partial charge < -0.3 is 30.7 Å². The molecule has 2 amide bonds. The fourth-order valence-corrected chi connectivity index (χ4v) is 11.9. The van der Waals surface area contributed by atoms with E-state index in [1.807, 2.05) is 89.5 Å². The van der Waals surface area contributed by atoms with Crippen LogP contribution in [0.1, 0.15) is 44.8 Å². The number of nitrogens with one attached hydrogen (secondary N) is 2. The Morgan fingerprint density at radius 1 is 0.587 bits per heavy atom. The van der Waals surface area contributed by atoms with Crippen LogP contribution in [0.2, 0.25) is 15.1 Å². The van der Waals surface area contributed by atoms with Gasteiger partial charge in [-0.2, -0.15) is 0 Å². The van der Waals surface area contributed by atoms with E-state index in [0.717, 1.165) is 72.1 Å². The molecule has 0 saturated carbocycles. The third-order valence-corrected chi connectivity index (χ3v) is 16.2. The van der Waals surface area contributed by atoms with E-state index < -0.39 is 34.1 Å². The molecule has 2 aliphatic heterocycles. The number of nitrogens with zero attached hydrogens (tertiary/aromatic N) is 8. The Labute approximate surface area is 461 Å². The molecule has 0 aliphatic carbocycles. The van der Waals surface area contributed by atoms with Crippen molar-refractivity contribution in [1.82, 2.24) is 48.1 Å². The van der Waals surface area contributed by atoms with Gasteiger partial charge in [0.05, 0.1) is 34.6 Å². The summed E-state index contributed by atoms with van der Waals surface area (Å²) in [5.74, 6) is -0.180. The fourth-order valence-electron chi connectivity index (χ4n) is 9.50. The molecular formula is C54H71Cl3N10O6S2. The van der Waals surface area contributed by atoms with Gasteiger partial charge in [-0.15, -0.1) is 0 Å². The van der Waals surface area contributed by atoms with Crippen molar-refractivity contribution in [3.8, 4) is 0 Å². The Hall–Kier alpha value is -4.83. The first kappa shape index (κ1) is 61.0. The van der Waals surface area contributed by atoms with Crippen molar-refractivity contribution in [1.29, 1.82) is 0 Å². The maximum atomic E-state index is 13.2. The SMILES string of the molecule is CS(=O)N1CCN(CCc2ccccc2Cl)CC1C(=O)NCCc1cncn1Cc1cccc(Cl)c1.Cc1cc(C)cc(CCN2CCN(S(C)=O)C(C(=O)NCCc3cncn3Cc3cccc(Cl)c3)C2)c1.O.O. The summed E-state index contributed by atoms with van der Waals surface area (Å²) in [5, 5.41) is 8.30. The lowest BCUT2D eigenvalue weighted by Gasteiger charge is -2.39. The smallest absolute Gasteiger partial charge is 0.239 e. The van der Waals surface area contributed by atoms with Gasteiger partial charge in [0.2, 0.25) is 11.8 Å². The van der Waals surface area contributed by atoms with Crippen molar-refractivity contribution in [3.05, 3.63) is 176 Å². The summed E-state index contributed by atoms with van der Waals surface area (Å²) in [4.78, 5) is 39.5. The van der Waals surface area contributed by atoms with E-state index in [0.29, 0.717) is 75.2 Å². The monoisotopic (exact) mass is 1120 g/mol. The van der Waals surface area contributed by atoms with Crippen LogP contribution in [-0.2, 0) is 70.3 Å². The maximum absolute atomic E-state index is 13.2. The zero-order valence-electron chi connectivity index (χ0n) is 43.1. The van der Waals surface area contributed by atoms with Gasteiger partial charge in [0.25, 0.3) is 0 Å². The number of hydrogen-bond acceptors (Lipinski definition) is 8. The highest BCUT2D eigenvalue weighted by molar-refractivity contribution is 7.82. The molecule has 4 atom stereocenters. The summed E-state index contributed by atoms with van der Waals surface area (Å²) in [6.45, 7) is 12.1. The molecule has 2 saturated heterocycles. The molecular weight excluding hydrogens is 1060 g/mol. The Balaban J connectivity index is 0.000000270. The fraction of sp³-hybridized carbons (Fsp3) is 0.407. The predicted molar refractivity (Wildman–Crippen MR) is 303 cm³/mol. The number of hydrogen-bond donors (Lipinski definition) is 2. The van der Waals surface area contributed by atoms with Crippen molar-refractivity contribution in [2.75, 3.05) is 78.0 Å². The molecule has 2 aliphatic rings. The lowest BCUT2D eigenvalue weighted by atomic mass is 10.0. The third-order valence-electron chi connectivity index (χ3n) is 13.2. The standard InChI is InChI=1S/C28H36ClN5O2S.C26H31Cl2N5O2S.2H2O/c1-21-13-22(2)15-23(14-21)8-10-32-11-12-34(37(3)36)27(19-32)28(35)31-9-7-26-17-30-20-33(26)18-24-5-4-6-25(29)16-24;1-36(35)33-14-13-31(12-10-21-6-2-3-8-24(21)28)18-25(33)26(34)30-11-9-23-16-29-19-32(23)17-20-5-4-7-22(27)15-20;;/h4-6,13-17,20,27H,7-12,18-19H2,1-3H3,(H,31,35);2-8,15-16,19,25H,9-14,17-18H2,1H3,(H,30,34);2*1H2. The Morgan fingerprint density at radius 3 is 1.51 bits per heavy atom. The van der Waals surface area contributed by atoms with Crippen LogP contribution in [0, 0.1) is 13.8 Å². The van der Waals surface area contributed by atoms with E-state index in [2.05, 4.69) is 71.6 Å². The van der Waals surface area contributed by atoms with Crippen LogP contribution in [0.15, 0.2) is 116 Å². The summed E-state index contributed by atoms with van der Waals surface area (Å²) >= 11 is 18.5. The topological polar surface area (TPSA) is 204 Å². The minimum atomic E-state index is -1.22. The number of carbonyl (C=O) groups is 2. The zero-order valence-corrected chi connectivity index (χ0v) is 47.0. The van der Waals surface area contributed by atoms with E-state index in [1.54, 1.807) is 29.5 Å². The van der Waals surface area contributed by atoms with E-state index in [4.69, 9.17) is 34.8 Å². The predicted octanol–water partition coefficient (Wildman–Crippen LogP) is 5.15. The Bertz CT molecular complexity index is 2820. The zero-order chi connectivity index (χ0) is 51.9. The van der Waals surface area contributed by atoms with E-state index in [-0.39, 0.29) is 22.8 Å². The maximum Gasteiger partial charge on any atom is 0.239 e. The molecule has 4 aromatic carbocycles. The first-order chi connectivity index (χ1) is 35.2. The molecule has 16 nitrogen and oxygen atoms in total. The second kappa shape index (κ2) is 30.2. The number of piperazine rings is 2. The van der Waals surface area contributed by atoms with Gasteiger partial charge in [0.15, 0.2) is 0 Å². The highest BCUT2D eigenvalue weighted by Crippen LogP contribution is 2.20. The van der Waals surface area contributed by atoms with Crippen molar-refractivity contribution in [2.24, 2.45) is 0 Å². The van der Waals surface area contributed by atoms with Gasteiger partial charge in [0.1, 0.15) is 12.1 Å². The van der Waals surface area contributed by atoms with Crippen LogP contribution in [0.3, 0.4) is 0 Å². The summed E-state index contributed by atoms with van der Waals surface area (Å²) in [5.41, 5.74) is 9.20. The molecule has 406 valence electrons. The van der Waals surface area contributed by atoms with Gasteiger partial charge in [-0.1, -0.05) is 107 Å². The highest BCUT2D eigenvalue weighted by Gasteiger charge is 2.35. The van der Waals surface area contributed by atoms with Crippen molar-refractivity contribution >= 4 is 68.6 Å². The quantitative estimate of drug-likeness (QED) is 0.104.